The fraction of sp³-hybridized carbons (Fsp3) is 0.500. The topological polar surface area (TPSA) is 106 Å². The van der Waals surface area contributed by atoms with Gasteiger partial charge in [-0.25, -0.2) is 0 Å². The van der Waals surface area contributed by atoms with E-state index in [1.54, 1.807) is 12.1 Å². The Balaban J connectivity index is 1.34. The highest BCUT2D eigenvalue weighted by Crippen LogP contribution is 2.28. The normalized spacial score (nSPS) is 17.6. The molecular weight excluding hydrogens is 348 g/mol. The number of nitro groups is 1. The summed E-state index contributed by atoms with van der Waals surface area (Å²) in [6.45, 7) is 4.01. The molecule has 0 spiro atoms. The maximum absolute atomic E-state index is 12.6. The second kappa shape index (κ2) is 7.43. The van der Waals surface area contributed by atoms with E-state index >= 15 is 0 Å². The Bertz CT molecular complexity index is 839. The van der Waals surface area contributed by atoms with Gasteiger partial charge in [0.25, 0.3) is 5.69 Å². The summed E-state index contributed by atoms with van der Waals surface area (Å²) in [7, 11) is 0. The highest BCUT2D eigenvalue weighted by atomic mass is 16.6. The van der Waals surface area contributed by atoms with Crippen molar-refractivity contribution >= 4 is 11.6 Å². The lowest BCUT2D eigenvalue weighted by Gasteiger charge is -2.32. The SMILES string of the molecule is O=C(Cc1ccc([N+](=O)[O-])cc1)N1CCC(c2nnc3n2CCNC3)CC1. The zero-order valence-electron chi connectivity index (χ0n) is 15.0. The number of nitrogens with one attached hydrogen (secondary N) is 1. The molecule has 1 saturated heterocycles. The van der Waals surface area contributed by atoms with Gasteiger partial charge in [-0.15, -0.1) is 10.2 Å². The van der Waals surface area contributed by atoms with Gasteiger partial charge < -0.3 is 14.8 Å². The highest BCUT2D eigenvalue weighted by molar-refractivity contribution is 5.79. The number of hydrogen-bond donors (Lipinski definition) is 1. The van der Waals surface area contributed by atoms with Gasteiger partial charge in [0, 0.05) is 44.2 Å². The lowest BCUT2D eigenvalue weighted by Crippen LogP contribution is -2.39. The van der Waals surface area contributed by atoms with Gasteiger partial charge >= 0.3 is 0 Å². The molecule has 0 atom stereocenters. The molecule has 0 aliphatic carbocycles. The third kappa shape index (κ3) is 3.68. The van der Waals surface area contributed by atoms with Gasteiger partial charge in [0.05, 0.1) is 17.9 Å². The van der Waals surface area contributed by atoms with Crippen molar-refractivity contribution in [1.82, 2.24) is 25.0 Å². The van der Waals surface area contributed by atoms with E-state index in [1.165, 1.54) is 12.1 Å². The Kier molecular flexibility index (Phi) is 4.85. The number of carbonyl (C=O) groups is 1. The number of piperidine rings is 1. The summed E-state index contributed by atoms with van der Waals surface area (Å²) in [5, 5.41) is 22.7. The molecule has 1 aromatic carbocycles. The van der Waals surface area contributed by atoms with Crippen molar-refractivity contribution in [1.29, 1.82) is 0 Å². The first kappa shape index (κ1) is 17.6. The molecule has 0 radical (unpaired) electrons. The molecule has 9 heteroatoms. The van der Waals surface area contributed by atoms with E-state index in [2.05, 4.69) is 20.1 Å². The second-order valence-corrected chi connectivity index (χ2v) is 7.06. The van der Waals surface area contributed by atoms with Crippen LogP contribution in [0, 0.1) is 10.1 Å². The summed E-state index contributed by atoms with van der Waals surface area (Å²) in [6, 6.07) is 6.19. The monoisotopic (exact) mass is 370 g/mol. The van der Waals surface area contributed by atoms with Gasteiger partial charge in [-0.1, -0.05) is 12.1 Å². The Hall–Kier alpha value is -2.81. The Morgan fingerprint density at radius 1 is 1.19 bits per heavy atom. The molecule has 142 valence electrons. The first-order valence-corrected chi connectivity index (χ1v) is 9.25. The van der Waals surface area contributed by atoms with Gasteiger partial charge in [0.1, 0.15) is 11.6 Å². The molecule has 0 unspecified atom stereocenters. The van der Waals surface area contributed by atoms with Gasteiger partial charge in [-0.05, 0) is 18.4 Å². The van der Waals surface area contributed by atoms with Crippen LogP contribution in [0.3, 0.4) is 0 Å². The molecule has 1 N–H and O–H groups in total. The van der Waals surface area contributed by atoms with E-state index in [1.807, 2.05) is 4.90 Å². The summed E-state index contributed by atoms with van der Waals surface area (Å²) >= 11 is 0. The average molecular weight is 370 g/mol. The zero-order valence-corrected chi connectivity index (χ0v) is 15.0. The van der Waals surface area contributed by atoms with Crippen LogP contribution in [0.4, 0.5) is 5.69 Å². The molecule has 1 amide bonds. The van der Waals surface area contributed by atoms with Crippen molar-refractivity contribution < 1.29 is 9.72 Å². The number of aromatic nitrogens is 3. The fourth-order valence-electron chi connectivity index (χ4n) is 3.83. The fourth-order valence-corrected chi connectivity index (χ4v) is 3.83. The number of rotatable bonds is 4. The number of fused-ring (bicyclic) bond motifs is 1. The molecule has 3 heterocycles. The van der Waals surface area contributed by atoms with Crippen molar-refractivity contribution in [2.75, 3.05) is 19.6 Å². The minimum absolute atomic E-state index is 0.0406. The van der Waals surface area contributed by atoms with Gasteiger partial charge in [0.2, 0.25) is 5.91 Å². The van der Waals surface area contributed by atoms with Crippen LogP contribution in [-0.4, -0.2) is 50.1 Å². The van der Waals surface area contributed by atoms with Crippen LogP contribution in [0.2, 0.25) is 0 Å². The van der Waals surface area contributed by atoms with E-state index in [0.717, 1.165) is 49.7 Å². The summed E-state index contributed by atoms with van der Waals surface area (Å²) in [5.74, 6) is 2.45. The Morgan fingerprint density at radius 3 is 2.63 bits per heavy atom. The number of carbonyl (C=O) groups excluding carboxylic acids is 1. The third-order valence-electron chi connectivity index (χ3n) is 5.37. The van der Waals surface area contributed by atoms with Crippen molar-refractivity contribution in [2.24, 2.45) is 0 Å². The second-order valence-electron chi connectivity index (χ2n) is 7.06. The van der Waals surface area contributed by atoms with E-state index < -0.39 is 4.92 Å². The van der Waals surface area contributed by atoms with Crippen LogP contribution >= 0.6 is 0 Å². The van der Waals surface area contributed by atoms with E-state index in [9.17, 15) is 14.9 Å². The molecule has 9 nitrogen and oxygen atoms in total. The molecular formula is C18H22N6O3. The van der Waals surface area contributed by atoms with Crippen molar-refractivity contribution in [2.45, 2.75) is 38.3 Å². The predicted octanol–water partition coefficient (Wildman–Crippen LogP) is 1.24. The van der Waals surface area contributed by atoms with Gasteiger partial charge in [-0.2, -0.15) is 0 Å². The Morgan fingerprint density at radius 2 is 1.93 bits per heavy atom. The first-order chi connectivity index (χ1) is 13.1. The molecule has 0 saturated carbocycles. The van der Waals surface area contributed by atoms with Crippen molar-refractivity contribution in [3.63, 3.8) is 0 Å². The minimum Gasteiger partial charge on any atom is -0.342 e. The molecule has 27 heavy (non-hydrogen) atoms. The molecule has 1 aromatic heterocycles. The van der Waals surface area contributed by atoms with Crippen LogP contribution in [-0.2, 0) is 24.3 Å². The molecule has 2 aromatic rings. The largest absolute Gasteiger partial charge is 0.342 e. The van der Waals surface area contributed by atoms with Crippen LogP contribution in [0.1, 0.15) is 36.0 Å². The Labute approximate surface area is 156 Å². The predicted molar refractivity (Wildman–Crippen MR) is 97.1 cm³/mol. The number of benzene rings is 1. The minimum atomic E-state index is -0.435. The van der Waals surface area contributed by atoms with E-state index in [0.29, 0.717) is 19.0 Å². The number of hydrogen-bond acceptors (Lipinski definition) is 6. The van der Waals surface area contributed by atoms with E-state index in [-0.39, 0.29) is 18.0 Å². The number of amides is 1. The number of likely N-dealkylation sites (tertiary alicyclic amines) is 1. The summed E-state index contributed by atoms with van der Waals surface area (Å²) in [5.41, 5.74) is 0.839. The lowest BCUT2D eigenvalue weighted by molar-refractivity contribution is -0.384. The molecule has 2 aliphatic heterocycles. The van der Waals surface area contributed by atoms with Crippen LogP contribution < -0.4 is 5.32 Å². The van der Waals surface area contributed by atoms with Gasteiger partial charge in [0.15, 0.2) is 0 Å². The number of nitro benzene ring substituents is 1. The molecule has 4 rings (SSSR count). The summed E-state index contributed by atoms with van der Waals surface area (Å²) < 4.78 is 2.22. The van der Waals surface area contributed by atoms with Gasteiger partial charge in [-0.3, -0.25) is 14.9 Å². The van der Waals surface area contributed by atoms with E-state index in [4.69, 9.17) is 0 Å². The maximum Gasteiger partial charge on any atom is 0.269 e. The lowest BCUT2D eigenvalue weighted by atomic mass is 9.95. The maximum atomic E-state index is 12.6. The average Bonchev–Trinajstić information content (AvgIpc) is 3.12. The van der Waals surface area contributed by atoms with Crippen LogP contribution in [0.25, 0.3) is 0 Å². The smallest absolute Gasteiger partial charge is 0.269 e. The first-order valence-electron chi connectivity index (χ1n) is 9.25. The van der Waals surface area contributed by atoms with Crippen molar-refractivity contribution in [3.05, 3.63) is 51.6 Å². The molecule has 1 fully saturated rings. The van der Waals surface area contributed by atoms with Crippen molar-refractivity contribution in [3.8, 4) is 0 Å². The standard InChI is InChI=1S/C18H22N6O3/c25-17(11-13-1-3-15(4-2-13)24(26)27)22-8-5-14(6-9-22)18-21-20-16-12-19-7-10-23(16)18/h1-4,14,19H,5-12H2. The van der Waals surface area contributed by atoms with Crippen LogP contribution in [0.15, 0.2) is 24.3 Å². The third-order valence-corrected chi connectivity index (χ3v) is 5.37. The quantitative estimate of drug-likeness (QED) is 0.641. The van der Waals surface area contributed by atoms with Crippen LogP contribution in [0.5, 0.6) is 0 Å². The number of nitrogens with zero attached hydrogens (tertiary/aromatic N) is 5. The summed E-state index contributed by atoms with van der Waals surface area (Å²) in [4.78, 5) is 24.7. The zero-order chi connectivity index (χ0) is 18.8. The highest BCUT2D eigenvalue weighted by Gasteiger charge is 2.28. The molecule has 0 bridgehead atoms. The molecule has 2 aliphatic rings. The summed E-state index contributed by atoms with van der Waals surface area (Å²) in [6.07, 6.45) is 2.05. The number of non-ortho nitro benzene ring substituents is 1.